The molecule has 6 nitrogen and oxygen atoms in total. The van der Waals surface area contributed by atoms with Crippen LogP contribution in [0.4, 0.5) is 0 Å². The Hall–Kier alpha value is -2.21. The van der Waals surface area contributed by atoms with Gasteiger partial charge in [-0.05, 0) is 18.6 Å². The molecule has 0 radical (unpaired) electrons. The molecule has 6 heteroatoms. The summed E-state index contributed by atoms with van der Waals surface area (Å²) in [6, 6.07) is 6.82. The third-order valence-corrected chi connectivity index (χ3v) is 3.39. The Balaban J connectivity index is 1.97. The lowest BCUT2D eigenvalue weighted by Gasteiger charge is -2.20. The molecule has 2 heterocycles. The van der Waals surface area contributed by atoms with E-state index in [1.807, 2.05) is 0 Å². The molecule has 1 aromatic heterocycles. The molecule has 0 aliphatic carbocycles. The number of carboxylic acid groups (broad SMARTS) is 1. The van der Waals surface area contributed by atoms with Crippen LogP contribution in [0.5, 0.6) is 0 Å². The first kappa shape index (κ1) is 11.9. The average Bonchev–Trinajstić information content (AvgIpc) is 2.81. The normalized spacial score (nSPS) is 18.1. The van der Waals surface area contributed by atoms with Crippen LogP contribution in [-0.4, -0.2) is 31.9 Å². The van der Waals surface area contributed by atoms with Crippen LogP contribution in [-0.2, 0) is 13.0 Å². The molecule has 0 saturated heterocycles. The molecule has 1 unspecified atom stereocenters. The van der Waals surface area contributed by atoms with Crippen LogP contribution >= 0.6 is 0 Å². The number of nitrogens with zero attached hydrogens (tertiary/aromatic N) is 3. The summed E-state index contributed by atoms with van der Waals surface area (Å²) in [6.07, 6.45) is 1.64. The van der Waals surface area contributed by atoms with Crippen molar-refractivity contribution in [3.63, 3.8) is 0 Å². The first-order valence-corrected chi connectivity index (χ1v) is 6.16. The van der Waals surface area contributed by atoms with Crippen molar-refractivity contribution in [2.75, 3.05) is 0 Å². The molecular formula is C13H14N4O2. The molecule has 1 aliphatic heterocycles. The zero-order valence-corrected chi connectivity index (χ0v) is 10.3. The highest BCUT2D eigenvalue weighted by molar-refractivity contribution is 5.88. The number of aromatic carboxylic acids is 1. The lowest BCUT2D eigenvalue weighted by molar-refractivity contribution is 0.0697. The molecule has 2 aromatic rings. The van der Waals surface area contributed by atoms with Crippen molar-refractivity contribution in [3.8, 4) is 11.4 Å². The van der Waals surface area contributed by atoms with Gasteiger partial charge in [0.25, 0.3) is 0 Å². The SMILES string of the molecule is NC1CCn2c(nnc2-c2ccc(C(=O)O)cc2)C1. The van der Waals surface area contributed by atoms with E-state index in [2.05, 4.69) is 14.8 Å². The number of aromatic nitrogens is 3. The third-order valence-electron chi connectivity index (χ3n) is 3.39. The van der Waals surface area contributed by atoms with Gasteiger partial charge in [0.05, 0.1) is 5.56 Å². The van der Waals surface area contributed by atoms with Crippen molar-refractivity contribution in [2.24, 2.45) is 5.73 Å². The van der Waals surface area contributed by atoms with Gasteiger partial charge in [0.1, 0.15) is 5.82 Å². The Morgan fingerprint density at radius 3 is 2.74 bits per heavy atom. The standard InChI is InChI=1S/C13H14N4O2/c14-10-5-6-17-11(7-10)15-16-12(17)8-1-3-9(4-2-8)13(18)19/h1-4,10H,5-7,14H2,(H,18,19). The Morgan fingerprint density at radius 2 is 2.05 bits per heavy atom. The molecule has 19 heavy (non-hydrogen) atoms. The Kier molecular flexibility index (Phi) is 2.79. The van der Waals surface area contributed by atoms with Crippen LogP contribution in [0.2, 0.25) is 0 Å². The summed E-state index contributed by atoms with van der Waals surface area (Å²) in [4.78, 5) is 10.8. The Morgan fingerprint density at radius 1 is 1.32 bits per heavy atom. The predicted octanol–water partition coefficient (Wildman–Crippen LogP) is 0.917. The summed E-state index contributed by atoms with van der Waals surface area (Å²) in [5.41, 5.74) is 7.05. The van der Waals surface area contributed by atoms with Crippen LogP contribution in [0.3, 0.4) is 0 Å². The largest absolute Gasteiger partial charge is 0.478 e. The average molecular weight is 258 g/mol. The maximum Gasteiger partial charge on any atom is 0.335 e. The monoisotopic (exact) mass is 258 g/mol. The van der Waals surface area contributed by atoms with Gasteiger partial charge in [0.15, 0.2) is 5.82 Å². The van der Waals surface area contributed by atoms with Gasteiger partial charge in [-0.3, -0.25) is 0 Å². The van der Waals surface area contributed by atoms with Crippen LogP contribution in [0.25, 0.3) is 11.4 Å². The second-order valence-electron chi connectivity index (χ2n) is 4.73. The summed E-state index contributed by atoms with van der Waals surface area (Å²) in [6.45, 7) is 0.805. The zero-order chi connectivity index (χ0) is 13.4. The minimum absolute atomic E-state index is 0.152. The highest BCUT2D eigenvalue weighted by atomic mass is 16.4. The summed E-state index contributed by atoms with van der Waals surface area (Å²) >= 11 is 0. The van der Waals surface area contributed by atoms with Crippen molar-refractivity contribution >= 4 is 5.97 Å². The van der Waals surface area contributed by atoms with E-state index >= 15 is 0 Å². The van der Waals surface area contributed by atoms with E-state index in [0.29, 0.717) is 0 Å². The fraction of sp³-hybridized carbons (Fsp3) is 0.308. The van der Waals surface area contributed by atoms with Gasteiger partial charge in [-0.15, -0.1) is 10.2 Å². The number of fused-ring (bicyclic) bond motifs is 1. The maximum atomic E-state index is 10.8. The van der Waals surface area contributed by atoms with Gasteiger partial charge >= 0.3 is 5.97 Å². The number of nitrogens with two attached hydrogens (primary N) is 1. The molecule has 0 amide bonds. The number of hydrogen-bond acceptors (Lipinski definition) is 4. The van der Waals surface area contributed by atoms with Crippen LogP contribution in [0, 0.1) is 0 Å². The van der Waals surface area contributed by atoms with Gasteiger partial charge < -0.3 is 15.4 Å². The minimum atomic E-state index is -0.930. The van der Waals surface area contributed by atoms with E-state index in [0.717, 1.165) is 36.6 Å². The third kappa shape index (κ3) is 2.10. The van der Waals surface area contributed by atoms with Crippen molar-refractivity contribution in [2.45, 2.75) is 25.4 Å². The molecule has 1 atom stereocenters. The molecule has 0 saturated carbocycles. The molecule has 0 bridgehead atoms. The highest BCUT2D eigenvalue weighted by Gasteiger charge is 2.21. The lowest BCUT2D eigenvalue weighted by Crippen LogP contribution is -2.31. The number of carboxylic acids is 1. The summed E-state index contributed by atoms with van der Waals surface area (Å²) < 4.78 is 2.05. The van der Waals surface area contributed by atoms with Gasteiger partial charge in [-0.2, -0.15) is 0 Å². The summed E-state index contributed by atoms with van der Waals surface area (Å²) in [5.74, 6) is 0.746. The molecular weight excluding hydrogens is 244 g/mol. The van der Waals surface area contributed by atoms with Gasteiger partial charge in [0.2, 0.25) is 0 Å². The highest BCUT2D eigenvalue weighted by Crippen LogP contribution is 2.22. The molecule has 1 aliphatic rings. The van der Waals surface area contributed by atoms with E-state index in [1.54, 1.807) is 24.3 Å². The van der Waals surface area contributed by atoms with E-state index < -0.39 is 5.97 Å². The summed E-state index contributed by atoms with van der Waals surface area (Å²) in [5, 5.41) is 17.2. The van der Waals surface area contributed by atoms with Gasteiger partial charge in [0, 0.05) is 24.6 Å². The first-order chi connectivity index (χ1) is 9.15. The lowest BCUT2D eigenvalue weighted by atomic mass is 10.1. The second-order valence-corrected chi connectivity index (χ2v) is 4.73. The Labute approximate surface area is 109 Å². The molecule has 0 spiro atoms. The van der Waals surface area contributed by atoms with Crippen LogP contribution in [0.15, 0.2) is 24.3 Å². The zero-order valence-electron chi connectivity index (χ0n) is 10.3. The fourth-order valence-corrected chi connectivity index (χ4v) is 2.33. The number of benzene rings is 1. The predicted molar refractivity (Wildman–Crippen MR) is 68.7 cm³/mol. The van der Waals surface area contributed by atoms with Crippen molar-refractivity contribution in [3.05, 3.63) is 35.7 Å². The number of rotatable bonds is 2. The molecule has 0 fully saturated rings. The molecule has 3 rings (SSSR count). The van der Waals surface area contributed by atoms with Crippen molar-refractivity contribution in [1.29, 1.82) is 0 Å². The van der Waals surface area contributed by atoms with Gasteiger partial charge in [-0.25, -0.2) is 4.79 Å². The number of hydrogen-bond donors (Lipinski definition) is 2. The first-order valence-electron chi connectivity index (χ1n) is 6.16. The van der Waals surface area contributed by atoms with E-state index in [1.165, 1.54) is 0 Å². The maximum absolute atomic E-state index is 10.8. The van der Waals surface area contributed by atoms with Crippen LogP contribution in [0.1, 0.15) is 22.6 Å². The van der Waals surface area contributed by atoms with E-state index in [4.69, 9.17) is 10.8 Å². The quantitative estimate of drug-likeness (QED) is 0.835. The van der Waals surface area contributed by atoms with Gasteiger partial charge in [-0.1, -0.05) is 12.1 Å². The molecule has 1 aromatic carbocycles. The fourth-order valence-electron chi connectivity index (χ4n) is 2.33. The van der Waals surface area contributed by atoms with Crippen LogP contribution < -0.4 is 5.73 Å². The Bertz CT molecular complexity index is 618. The van der Waals surface area contributed by atoms with Crippen molar-refractivity contribution in [1.82, 2.24) is 14.8 Å². The minimum Gasteiger partial charge on any atom is -0.478 e. The second kappa shape index (κ2) is 4.47. The van der Waals surface area contributed by atoms with E-state index in [-0.39, 0.29) is 11.6 Å². The molecule has 3 N–H and O–H groups in total. The topological polar surface area (TPSA) is 94.0 Å². The van der Waals surface area contributed by atoms with Crippen molar-refractivity contribution < 1.29 is 9.90 Å². The van der Waals surface area contributed by atoms with E-state index in [9.17, 15) is 4.79 Å². The molecule has 98 valence electrons. The number of carbonyl (C=O) groups is 1. The summed E-state index contributed by atoms with van der Waals surface area (Å²) in [7, 11) is 0. The smallest absolute Gasteiger partial charge is 0.335 e.